The van der Waals surface area contributed by atoms with Crippen LogP contribution < -0.4 is 11.2 Å². The molecule has 0 radical (unpaired) electrons. The van der Waals surface area contributed by atoms with Crippen LogP contribution in [0.4, 0.5) is 0 Å². The number of hydrogen-bond donors (Lipinski definition) is 0. The molecule has 4 rings (SSSR count). The third kappa shape index (κ3) is 3.07. The average Bonchev–Trinajstić information content (AvgIpc) is 3.09. The summed E-state index contributed by atoms with van der Waals surface area (Å²) < 4.78 is 6.86. The van der Waals surface area contributed by atoms with Crippen molar-refractivity contribution in [2.45, 2.75) is 66.5 Å². The fourth-order valence-corrected chi connectivity index (χ4v) is 5.38. The van der Waals surface area contributed by atoms with E-state index in [4.69, 9.17) is 4.98 Å². The molecular formula is C22H31N5O2. The molecule has 1 fully saturated rings. The van der Waals surface area contributed by atoms with Gasteiger partial charge in [-0.15, -0.1) is 0 Å². The van der Waals surface area contributed by atoms with E-state index in [9.17, 15) is 9.59 Å². The summed E-state index contributed by atoms with van der Waals surface area (Å²) in [5.74, 6) is 1.37. The minimum Gasteiger partial charge on any atom is -0.311 e. The van der Waals surface area contributed by atoms with Crippen LogP contribution in [0.2, 0.25) is 0 Å². The maximum absolute atomic E-state index is 13.2. The van der Waals surface area contributed by atoms with Crippen LogP contribution in [0.1, 0.15) is 58.7 Å². The van der Waals surface area contributed by atoms with Gasteiger partial charge in [0, 0.05) is 25.0 Å². The Kier molecular flexibility index (Phi) is 4.40. The van der Waals surface area contributed by atoms with Crippen molar-refractivity contribution in [2.75, 3.05) is 0 Å². The predicted octanol–water partition coefficient (Wildman–Crippen LogP) is 3.42. The summed E-state index contributed by atoms with van der Waals surface area (Å²) in [6, 6.07) is 0.331. The van der Waals surface area contributed by atoms with E-state index in [0.29, 0.717) is 23.1 Å². The standard InChI is InChI=1S/C22H31N5O2/c1-13(2)11-26-19(28)17-18(24(7)21(26)29)23-20-25(17)12-15(4)27(20)16-8-14(3)9-22(5,6)10-16/h12,14,16H,1,8-11H2,2-7H3/t14-,16-/m0/s1. The van der Waals surface area contributed by atoms with Gasteiger partial charge in [-0.3, -0.25) is 18.3 Å². The summed E-state index contributed by atoms with van der Waals surface area (Å²) in [6.45, 7) is 14.9. The van der Waals surface area contributed by atoms with E-state index in [1.165, 1.54) is 15.6 Å². The molecule has 3 aromatic rings. The fourth-order valence-electron chi connectivity index (χ4n) is 5.38. The van der Waals surface area contributed by atoms with Gasteiger partial charge < -0.3 is 4.57 Å². The number of aryl methyl sites for hydroxylation is 2. The summed E-state index contributed by atoms with van der Waals surface area (Å²) in [6.07, 6.45) is 5.37. The highest BCUT2D eigenvalue weighted by atomic mass is 16.2. The van der Waals surface area contributed by atoms with Crippen LogP contribution in [-0.2, 0) is 13.6 Å². The summed E-state index contributed by atoms with van der Waals surface area (Å²) in [4.78, 5) is 30.7. The van der Waals surface area contributed by atoms with Crippen LogP contribution in [0.3, 0.4) is 0 Å². The molecule has 1 aliphatic carbocycles. The van der Waals surface area contributed by atoms with Crippen molar-refractivity contribution >= 4 is 16.9 Å². The summed E-state index contributed by atoms with van der Waals surface area (Å²) in [5, 5.41) is 0. The Morgan fingerprint density at radius 2 is 2.00 bits per heavy atom. The predicted molar refractivity (Wildman–Crippen MR) is 116 cm³/mol. The highest BCUT2D eigenvalue weighted by molar-refractivity contribution is 5.75. The molecule has 7 nitrogen and oxygen atoms in total. The van der Waals surface area contributed by atoms with Gasteiger partial charge in [-0.1, -0.05) is 32.9 Å². The highest BCUT2D eigenvalue weighted by Crippen LogP contribution is 2.44. The molecule has 3 heterocycles. The average molecular weight is 398 g/mol. The second-order valence-electron chi connectivity index (χ2n) is 9.85. The van der Waals surface area contributed by atoms with Crippen LogP contribution in [0.25, 0.3) is 16.9 Å². The van der Waals surface area contributed by atoms with Crippen molar-refractivity contribution in [3.8, 4) is 0 Å². The van der Waals surface area contributed by atoms with Crippen molar-refractivity contribution < 1.29 is 0 Å². The molecule has 0 spiro atoms. The third-order valence-corrected chi connectivity index (χ3v) is 6.23. The minimum atomic E-state index is -0.359. The lowest BCUT2D eigenvalue weighted by atomic mass is 9.70. The smallest absolute Gasteiger partial charge is 0.311 e. The largest absolute Gasteiger partial charge is 0.332 e. The van der Waals surface area contributed by atoms with Crippen LogP contribution in [-0.4, -0.2) is 23.1 Å². The molecule has 3 aromatic heterocycles. The molecule has 0 amide bonds. The van der Waals surface area contributed by atoms with Gasteiger partial charge >= 0.3 is 5.69 Å². The first-order valence-electron chi connectivity index (χ1n) is 10.3. The van der Waals surface area contributed by atoms with E-state index in [2.05, 4.69) is 38.8 Å². The molecule has 0 N–H and O–H groups in total. The van der Waals surface area contributed by atoms with Crippen molar-refractivity contribution in [3.05, 3.63) is 44.9 Å². The Morgan fingerprint density at radius 1 is 1.31 bits per heavy atom. The van der Waals surface area contributed by atoms with Gasteiger partial charge in [0.2, 0.25) is 5.78 Å². The van der Waals surface area contributed by atoms with Gasteiger partial charge in [0.25, 0.3) is 5.56 Å². The van der Waals surface area contributed by atoms with Crippen molar-refractivity contribution in [1.29, 1.82) is 0 Å². The van der Waals surface area contributed by atoms with Gasteiger partial charge in [0.05, 0.1) is 6.54 Å². The Hall–Kier alpha value is -2.57. The molecule has 0 unspecified atom stereocenters. The highest BCUT2D eigenvalue weighted by Gasteiger charge is 2.34. The van der Waals surface area contributed by atoms with Crippen LogP contribution >= 0.6 is 0 Å². The van der Waals surface area contributed by atoms with Crippen LogP contribution in [0.5, 0.6) is 0 Å². The number of imidazole rings is 2. The zero-order valence-electron chi connectivity index (χ0n) is 18.3. The van der Waals surface area contributed by atoms with Gasteiger partial charge in [-0.25, -0.2) is 4.79 Å². The van der Waals surface area contributed by atoms with Crippen LogP contribution in [0, 0.1) is 18.3 Å². The summed E-state index contributed by atoms with van der Waals surface area (Å²) in [7, 11) is 1.68. The second-order valence-corrected chi connectivity index (χ2v) is 9.85. The van der Waals surface area contributed by atoms with E-state index in [1.54, 1.807) is 7.05 Å². The molecule has 29 heavy (non-hydrogen) atoms. The monoisotopic (exact) mass is 397 g/mol. The second kappa shape index (κ2) is 6.47. The van der Waals surface area contributed by atoms with Crippen molar-refractivity contribution in [2.24, 2.45) is 18.4 Å². The van der Waals surface area contributed by atoms with E-state index in [-0.39, 0.29) is 23.2 Å². The summed E-state index contributed by atoms with van der Waals surface area (Å²) in [5.41, 5.74) is 2.33. The molecule has 7 heteroatoms. The number of nitrogens with zero attached hydrogens (tertiary/aromatic N) is 5. The number of allylic oxidation sites excluding steroid dienone is 1. The number of hydrogen-bond acceptors (Lipinski definition) is 3. The van der Waals surface area contributed by atoms with Gasteiger partial charge in [0.1, 0.15) is 0 Å². The quantitative estimate of drug-likeness (QED) is 0.636. The Balaban J connectivity index is 2.00. The Bertz CT molecular complexity index is 1250. The maximum atomic E-state index is 13.2. The number of rotatable bonds is 3. The number of aromatic nitrogens is 5. The van der Waals surface area contributed by atoms with E-state index in [0.717, 1.165) is 29.9 Å². The molecule has 1 aliphatic rings. The fraction of sp³-hybridized carbons (Fsp3) is 0.591. The molecule has 0 bridgehead atoms. The van der Waals surface area contributed by atoms with Crippen LogP contribution in [0.15, 0.2) is 27.9 Å². The molecule has 0 aliphatic heterocycles. The van der Waals surface area contributed by atoms with E-state index >= 15 is 0 Å². The van der Waals surface area contributed by atoms with E-state index < -0.39 is 0 Å². The van der Waals surface area contributed by atoms with Crippen molar-refractivity contribution in [3.63, 3.8) is 0 Å². The molecule has 0 aromatic carbocycles. The van der Waals surface area contributed by atoms with Crippen molar-refractivity contribution in [1.82, 2.24) is 23.1 Å². The first kappa shape index (κ1) is 19.7. The SMILES string of the molecule is C=C(C)Cn1c(=O)c2c(nc3n([C@H]4C[C@H](C)CC(C)(C)C4)c(C)cn23)n(C)c1=O. The first-order chi connectivity index (χ1) is 13.5. The molecular weight excluding hydrogens is 366 g/mol. The normalized spacial score (nSPS) is 21.9. The van der Waals surface area contributed by atoms with Gasteiger partial charge in [0.15, 0.2) is 11.2 Å². The molecule has 2 atom stereocenters. The third-order valence-electron chi connectivity index (χ3n) is 6.23. The zero-order valence-corrected chi connectivity index (χ0v) is 18.3. The van der Waals surface area contributed by atoms with Gasteiger partial charge in [-0.2, -0.15) is 4.98 Å². The summed E-state index contributed by atoms with van der Waals surface area (Å²) >= 11 is 0. The Morgan fingerprint density at radius 3 is 2.62 bits per heavy atom. The van der Waals surface area contributed by atoms with Gasteiger partial charge in [-0.05, 0) is 44.4 Å². The van der Waals surface area contributed by atoms with E-state index in [1.807, 2.05) is 17.5 Å². The topological polar surface area (TPSA) is 66.2 Å². The lowest BCUT2D eigenvalue weighted by Crippen LogP contribution is -2.39. The maximum Gasteiger partial charge on any atom is 0.332 e. The minimum absolute atomic E-state index is 0.211. The molecule has 1 saturated carbocycles. The zero-order chi connectivity index (χ0) is 21.2. The first-order valence-corrected chi connectivity index (χ1v) is 10.3. The lowest BCUT2D eigenvalue weighted by molar-refractivity contribution is 0.138. The lowest BCUT2D eigenvalue weighted by Gasteiger charge is -2.39. The molecule has 156 valence electrons. The molecule has 0 saturated heterocycles. The Labute approximate surface area is 170 Å². The number of fused-ring (bicyclic) bond motifs is 3.